The molecule has 0 spiro atoms. The molecule has 2 aromatic carbocycles. The van der Waals surface area contributed by atoms with E-state index in [9.17, 15) is 9.59 Å². The van der Waals surface area contributed by atoms with Crippen LogP contribution in [0.25, 0.3) is 10.9 Å². The first-order chi connectivity index (χ1) is 14.6. The first-order valence-corrected chi connectivity index (χ1v) is 10.8. The van der Waals surface area contributed by atoms with Gasteiger partial charge in [-0.1, -0.05) is 36.9 Å². The van der Waals surface area contributed by atoms with Gasteiger partial charge in [0.2, 0.25) is 12.7 Å². The quantitative estimate of drug-likeness (QED) is 0.462. The zero-order valence-electron chi connectivity index (χ0n) is 16.9. The summed E-state index contributed by atoms with van der Waals surface area (Å²) in [6.45, 7) is 4.99. The van der Waals surface area contributed by atoms with Crippen LogP contribution in [0, 0.1) is 0 Å². The molecule has 1 aliphatic heterocycles. The van der Waals surface area contributed by atoms with E-state index in [-0.39, 0.29) is 18.3 Å². The normalized spacial score (nSPS) is 13.4. The molecule has 0 fully saturated rings. The molecule has 1 aliphatic rings. The van der Waals surface area contributed by atoms with Crippen molar-refractivity contribution in [2.45, 2.75) is 43.8 Å². The Balaban J connectivity index is 1.48. The summed E-state index contributed by atoms with van der Waals surface area (Å²) < 4.78 is 12.3. The van der Waals surface area contributed by atoms with Crippen LogP contribution in [0.3, 0.4) is 0 Å². The third-order valence-electron chi connectivity index (χ3n) is 4.83. The molecule has 0 saturated heterocycles. The van der Waals surface area contributed by atoms with Crippen molar-refractivity contribution < 1.29 is 14.3 Å². The zero-order chi connectivity index (χ0) is 21.1. The number of benzene rings is 2. The number of carbonyl (C=O) groups is 1. The number of aromatic nitrogens is 2. The van der Waals surface area contributed by atoms with Crippen LogP contribution >= 0.6 is 11.8 Å². The molecule has 8 heteroatoms. The minimum Gasteiger partial charge on any atom is -0.454 e. The lowest BCUT2D eigenvalue weighted by atomic mass is 10.2. The smallest absolute Gasteiger partial charge is 0.262 e. The molecule has 1 amide bonds. The van der Waals surface area contributed by atoms with Crippen LogP contribution in [-0.4, -0.2) is 27.5 Å². The third kappa shape index (κ3) is 4.14. The predicted molar refractivity (Wildman–Crippen MR) is 116 cm³/mol. The van der Waals surface area contributed by atoms with Crippen molar-refractivity contribution in [1.29, 1.82) is 0 Å². The Labute approximate surface area is 178 Å². The van der Waals surface area contributed by atoms with Crippen molar-refractivity contribution in [3.63, 3.8) is 0 Å². The van der Waals surface area contributed by atoms with Gasteiger partial charge in [0.25, 0.3) is 5.56 Å². The van der Waals surface area contributed by atoms with Gasteiger partial charge in [-0.2, -0.15) is 0 Å². The molecule has 1 N–H and O–H groups in total. The highest BCUT2D eigenvalue weighted by Gasteiger charge is 2.20. The van der Waals surface area contributed by atoms with Gasteiger partial charge in [-0.05, 0) is 43.2 Å². The third-order valence-corrected chi connectivity index (χ3v) is 5.92. The second-order valence-electron chi connectivity index (χ2n) is 7.03. The fraction of sp³-hybridized carbons (Fsp3) is 0.318. The van der Waals surface area contributed by atoms with Crippen LogP contribution in [0.1, 0.15) is 25.8 Å². The minimum absolute atomic E-state index is 0.0714. The van der Waals surface area contributed by atoms with E-state index in [1.807, 2.05) is 50.2 Å². The molecule has 2 heterocycles. The van der Waals surface area contributed by atoms with E-state index in [0.29, 0.717) is 40.6 Å². The lowest BCUT2D eigenvalue weighted by molar-refractivity contribution is -0.120. The number of fused-ring (bicyclic) bond motifs is 2. The monoisotopic (exact) mass is 425 g/mol. The van der Waals surface area contributed by atoms with Crippen LogP contribution in [-0.2, 0) is 17.9 Å². The summed E-state index contributed by atoms with van der Waals surface area (Å²) >= 11 is 1.30. The molecule has 0 saturated carbocycles. The predicted octanol–water partition coefficient (Wildman–Crippen LogP) is 3.33. The molecular weight excluding hydrogens is 402 g/mol. The van der Waals surface area contributed by atoms with Crippen LogP contribution < -0.4 is 20.3 Å². The van der Waals surface area contributed by atoms with Gasteiger partial charge >= 0.3 is 0 Å². The van der Waals surface area contributed by atoms with Crippen molar-refractivity contribution in [1.82, 2.24) is 14.9 Å². The van der Waals surface area contributed by atoms with Crippen LogP contribution in [0.2, 0.25) is 0 Å². The van der Waals surface area contributed by atoms with Gasteiger partial charge in [0, 0.05) is 13.1 Å². The highest BCUT2D eigenvalue weighted by atomic mass is 32.2. The van der Waals surface area contributed by atoms with E-state index in [1.165, 1.54) is 11.8 Å². The Morgan fingerprint density at radius 2 is 2.03 bits per heavy atom. The van der Waals surface area contributed by atoms with E-state index in [1.54, 1.807) is 10.6 Å². The molecule has 0 bridgehead atoms. The minimum atomic E-state index is -0.407. The average Bonchev–Trinajstić information content (AvgIpc) is 3.22. The molecule has 1 aromatic heterocycles. The second-order valence-corrected chi connectivity index (χ2v) is 8.34. The molecule has 30 heavy (non-hydrogen) atoms. The Hall–Kier alpha value is -3.00. The molecule has 3 aromatic rings. The summed E-state index contributed by atoms with van der Waals surface area (Å²) in [5.74, 6) is 1.28. The standard InChI is InChI=1S/C22H23N3O4S/c1-3-10-25-21(27)16-6-4-5-7-17(16)24-22(25)30-14(2)20(26)23-12-15-8-9-18-19(11-15)29-13-28-18/h4-9,11,14H,3,10,12-13H2,1-2H3,(H,23,26). The second kappa shape index (κ2) is 8.79. The van der Waals surface area contributed by atoms with E-state index in [0.717, 1.165) is 12.0 Å². The number of carbonyl (C=O) groups excluding carboxylic acids is 1. The van der Waals surface area contributed by atoms with Gasteiger partial charge < -0.3 is 14.8 Å². The summed E-state index contributed by atoms with van der Waals surface area (Å²) in [6, 6.07) is 12.9. The molecule has 4 rings (SSSR count). The van der Waals surface area contributed by atoms with Crippen LogP contribution in [0.15, 0.2) is 52.4 Å². The Kier molecular flexibility index (Phi) is 5.94. The summed E-state index contributed by atoms with van der Waals surface area (Å²) in [5.41, 5.74) is 1.50. The Morgan fingerprint density at radius 3 is 2.87 bits per heavy atom. The average molecular weight is 426 g/mol. The van der Waals surface area contributed by atoms with Crippen molar-refractivity contribution in [2.75, 3.05) is 6.79 Å². The highest BCUT2D eigenvalue weighted by Crippen LogP contribution is 2.32. The molecule has 0 radical (unpaired) electrons. The molecule has 7 nitrogen and oxygen atoms in total. The van der Waals surface area contributed by atoms with Crippen molar-refractivity contribution in [3.05, 3.63) is 58.4 Å². The van der Waals surface area contributed by atoms with Gasteiger partial charge in [0.05, 0.1) is 16.2 Å². The van der Waals surface area contributed by atoms with E-state index < -0.39 is 5.25 Å². The van der Waals surface area contributed by atoms with Crippen molar-refractivity contribution in [2.24, 2.45) is 0 Å². The number of para-hydroxylation sites is 1. The van der Waals surface area contributed by atoms with Crippen molar-refractivity contribution in [3.8, 4) is 11.5 Å². The maximum atomic E-state index is 12.9. The lowest BCUT2D eigenvalue weighted by Crippen LogP contribution is -2.31. The first kappa shape index (κ1) is 20.3. The summed E-state index contributed by atoms with van der Waals surface area (Å²) in [4.78, 5) is 30.2. The number of ether oxygens (including phenoxy) is 2. The molecule has 1 unspecified atom stereocenters. The zero-order valence-corrected chi connectivity index (χ0v) is 17.7. The highest BCUT2D eigenvalue weighted by molar-refractivity contribution is 8.00. The number of nitrogens with zero attached hydrogens (tertiary/aromatic N) is 2. The largest absolute Gasteiger partial charge is 0.454 e. The van der Waals surface area contributed by atoms with E-state index in [2.05, 4.69) is 10.3 Å². The van der Waals surface area contributed by atoms with Gasteiger partial charge in [-0.3, -0.25) is 14.2 Å². The Bertz CT molecular complexity index is 1140. The van der Waals surface area contributed by atoms with E-state index in [4.69, 9.17) is 9.47 Å². The van der Waals surface area contributed by atoms with Crippen molar-refractivity contribution >= 4 is 28.6 Å². The fourth-order valence-electron chi connectivity index (χ4n) is 3.25. The lowest BCUT2D eigenvalue weighted by Gasteiger charge is -2.16. The molecule has 156 valence electrons. The number of hydrogen-bond acceptors (Lipinski definition) is 6. The van der Waals surface area contributed by atoms with Gasteiger partial charge in [0.1, 0.15) is 0 Å². The number of thioether (sulfide) groups is 1. The van der Waals surface area contributed by atoms with E-state index >= 15 is 0 Å². The maximum absolute atomic E-state index is 12.9. The number of nitrogens with one attached hydrogen (secondary N) is 1. The molecule has 1 atom stereocenters. The summed E-state index contributed by atoms with van der Waals surface area (Å²) in [7, 11) is 0. The van der Waals surface area contributed by atoms with Gasteiger partial charge in [-0.15, -0.1) is 0 Å². The van der Waals surface area contributed by atoms with Crippen LogP contribution in [0.5, 0.6) is 11.5 Å². The maximum Gasteiger partial charge on any atom is 0.262 e. The molecule has 0 aliphatic carbocycles. The fourth-order valence-corrected chi connectivity index (χ4v) is 4.21. The van der Waals surface area contributed by atoms with Gasteiger partial charge in [-0.25, -0.2) is 4.98 Å². The number of rotatable bonds is 7. The number of amides is 1. The topological polar surface area (TPSA) is 82.5 Å². The molecular formula is C22H23N3O4S. The first-order valence-electron chi connectivity index (χ1n) is 9.89. The SMILES string of the molecule is CCCn1c(SC(C)C(=O)NCc2ccc3c(c2)OCO3)nc2ccccc2c1=O. The number of hydrogen-bond donors (Lipinski definition) is 1. The van der Waals surface area contributed by atoms with Gasteiger partial charge in [0.15, 0.2) is 16.7 Å². The Morgan fingerprint density at radius 1 is 1.23 bits per heavy atom. The van der Waals surface area contributed by atoms with Crippen LogP contribution in [0.4, 0.5) is 0 Å². The summed E-state index contributed by atoms with van der Waals surface area (Å²) in [5, 5.41) is 3.69. The summed E-state index contributed by atoms with van der Waals surface area (Å²) in [6.07, 6.45) is 0.804.